The molecule has 2 aromatic carbocycles. The third-order valence-electron chi connectivity index (χ3n) is 4.18. The minimum absolute atomic E-state index is 0.193. The first-order chi connectivity index (χ1) is 12.1. The number of fused-ring (bicyclic) bond motifs is 1. The van der Waals surface area contributed by atoms with Gasteiger partial charge in [0.1, 0.15) is 5.82 Å². The third-order valence-corrected chi connectivity index (χ3v) is 5.39. The number of carbonyl (C=O) groups is 1. The normalized spacial score (nSPS) is 15.8. The number of carbonyl (C=O) groups excluding carboxylic acids is 1. The molecule has 1 amide bonds. The predicted octanol–water partition coefficient (Wildman–Crippen LogP) is 3.20. The van der Waals surface area contributed by atoms with Gasteiger partial charge in [-0.1, -0.05) is 35.9 Å². The molecule has 0 saturated heterocycles. The maximum Gasteiger partial charge on any atom is 0.256 e. The summed E-state index contributed by atoms with van der Waals surface area (Å²) in [6.45, 7) is 1.95. The zero-order chi connectivity index (χ0) is 17.4. The summed E-state index contributed by atoms with van der Waals surface area (Å²) in [5.74, 6) is 1.27. The summed E-state index contributed by atoms with van der Waals surface area (Å²) in [5.41, 5.74) is 4.14. The molecule has 2 heterocycles. The number of aryl methyl sites for hydroxylation is 1. The van der Waals surface area contributed by atoms with Gasteiger partial charge in [0.2, 0.25) is 0 Å². The van der Waals surface area contributed by atoms with Crippen molar-refractivity contribution >= 4 is 22.5 Å². The van der Waals surface area contributed by atoms with Crippen molar-refractivity contribution < 1.29 is 9.00 Å². The van der Waals surface area contributed by atoms with Crippen LogP contribution in [0.4, 0.5) is 5.82 Å². The molecule has 1 aliphatic rings. The fourth-order valence-electron chi connectivity index (χ4n) is 2.98. The average Bonchev–Trinajstić information content (AvgIpc) is 3.13. The monoisotopic (exact) mass is 351 g/mol. The zero-order valence-corrected chi connectivity index (χ0v) is 14.5. The van der Waals surface area contributed by atoms with E-state index in [4.69, 9.17) is 0 Å². The summed E-state index contributed by atoms with van der Waals surface area (Å²) in [4.78, 5) is 12.7. The lowest BCUT2D eigenvalue weighted by Gasteiger charge is -2.11. The van der Waals surface area contributed by atoms with E-state index in [1.54, 1.807) is 10.7 Å². The summed E-state index contributed by atoms with van der Waals surface area (Å²) in [6, 6.07) is 17.1. The van der Waals surface area contributed by atoms with E-state index in [1.165, 1.54) is 0 Å². The van der Waals surface area contributed by atoms with Gasteiger partial charge in [-0.2, -0.15) is 5.10 Å². The van der Waals surface area contributed by atoms with E-state index in [9.17, 15) is 9.00 Å². The first kappa shape index (κ1) is 15.8. The fraction of sp³-hybridized carbons (Fsp3) is 0.158. The Balaban J connectivity index is 1.75. The summed E-state index contributed by atoms with van der Waals surface area (Å²) in [7, 11) is -0.953. The van der Waals surface area contributed by atoms with Crippen molar-refractivity contribution in [2.45, 2.75) is 18.4 Å². The minimum Gasteiger partial charge on any atom is -0.306 e. The Bertz CT molecular complexity index is 980. The molecule has 3 aromatic rings. The van der Waals surface area contributed by atoms with Crippen molar-refractivity contribution in [2.24, 2.45) is 0 Å². The molecule has 6 heteroatoms. The van der Waals surface area contributed by atoms with E-state index >= 15 is 0 Å². The van der Waals surface area contributed by atoms with E-state index in [2.05, 4.69) is 10.4 Å². The second-order valence-electron chi connectivity index (χ2n) is 6.07. The number of hydrogen-bond donors (Lipinski definition) is 1. The maximum atomic E-state index is 12.7. The lowest BCUT2D eigenvalue weighted by atomic mass is 10.1. The molecule has 0 saturated carbocycles. The molecule has 1 aliphatic heterocycles. The van der Waals surface area contributed by atoms with Crippen molar-refractivity contribution in [1.29, 1.82) is 0 Å². The Morgan fingerprint density at radius 3 is 2.68 bits per heavy atom. The van der Waals surface area contributed by atoms with Gasteiger partial charge in [0.25, 0.3) is 5.91 Å². The molecule has 1 aromatic heterocycles. The average molecular weight is 351 g/mol. The zero-order valence-electron chi connectivity index (χ0n) is 13.7. The van der Waals surface area contributed by atoms with Crippen LogP contribution >= 0.6 is 0 Å². The molecular formula is C19H17N3O2S. The number of nitrogens with zero attached hydrogens (tertiary/aromatic N) is 2. The van der Waals surface area contributed by atoms with Gasteiger partial charge < -0.3 is 5.32 Å². The Hall–Kier alpha value is -2.73. The number of benzene rings is 2. The van der Waals surface area contributed by atoms with Crippen molar-refractivity contribution in [3.8, 4) is 5.69 Å². The van der Waals surface area contributed by atoms with Crippen LogP contribution in [0.5, 0.6) is 0 Å². The van der Waals surface area contributed by atoms with E-state index in [0.29, 0.717) is 22.9 Å². The summed E-state index contributed by atoms with van der Waals surface area (Å²) in [5, 5.41) is 7.57. The second-order valence-corrected chi connectivity index (χ2v) is 7.53. The SMILES string of the molecule is Cc1cccc(C(=O)Nc2c3c(nn2-c2ccccc2)C[S@@](=O)C3)c1. The van der Waals surface area contributed by atoms with Crippen LogP contribution in [0.3, 0.4) is 0 Å². The molecule has 1 atom stereocenters. The molecular weight excluding hydrogens is 334 g/mol. The highest BCUT2D eigenvalue weighted by molar-refractivity contribution is 7.83. The summed E-state index contributed by atoms with van der Waals surface area (Å²) < 4.78 is 13.6. The molecule has 0 spiro atoms. The van der Waals surface area contributed by atoms with E-state index in [1.807, 2.05) is 55.5 Å². The highest BCUT2D eigenvalue weighted by atomic mass is 32.2. The molecule has 1 N–H and O–H groups in total. The lowest BCUT2D eigenvalue weighted by molar-refractivity contribution is 0.102. The minimum atomic E-state index is -0.953. The lowest BCUT2D eigenvalue weighted by Crippen LogP contribution is -2.16. The number of rotatable bonds is 3. The van der Waals surface area contributed by atoms with Crippen LogP contribution < -0.4 is 5.32 Å². The first-order valence-corrected chi connectivity index (χ1v) is 9.50. The van der Waals surface area contributed by atoms with Crippen LogP contribution in [0.15, 0.2) is 54.6 Å². The summed E-state index contributed by atoms with van der Waals surface area (Å²) >= 11 is 0. The molecule has 0 aliphatic carbocycles. The standard InChI is InChI=1S/C19H17N3O2S/c1-13-6-5-7-14(10-13)19(23)20-18-16-11-25(24)12-17(16)21-22(18)15-8-3-2-4-9-15/h2-10H,11-12H2,1H3,(H,20,23)/t25-/m0/s1. The number of aromatic nitrogens is 2. The Morgan fingerprint density at radius 1 is 1.12 bits per heavy atom. The van der Waals surface area contributed by atoms with Gasteiger partial charge in [-0.05, 0) is 31.2 Å². The Kier molecular flexibility index (Phi) is 3.97. The van der Waals surface area contributed by atoms with E-state index < -0.39 is 10.8 Å². The largest absolute Gasteiger partial charge is 0.306 e. The number of para-hydroxylation sites is 1. The maximum absolute atomic E-state index is 12.7. The molecule has 4 rings (SSSR count). The van der Waals surface area contributed by atoms with Gasteiger partial charge in [0.15, 0.2) is 0 Å². The molecule has 0 radical (unpaired) electrons. The molecule has 0 bridgehead atoms. The van der Waals surface area contributed by atoms with Crippen LogP contribution in [-0.2, 0) is 22.3 Å². The highest BCUT2D eigenvalue weighted by Gasteiger charge is 2.28. The Morgan fingerprint density at radius 2 is 1.92 bits per heavy atom. The van der Waals surface area contributed by atoms with Crippen LogP contribution in [0.2, 0.25) is 0 Å². The molecule has 25 heavy (non-hydrogen) atoms. The van der Waals surface area contributed by atoms with Gasteiger partial charge in [0, 0.05) is 21.9 Å². The smallest absolute Gasteiger partial charge is 0.256 e. The van der Waals surface area contributed by atoms with Crippen molar-refractivity contribution in [3.05, 3.63) is 77.0 Å². The second kappa shape index (κ2) is 6.29. The van der Waals surface area contributed by atoms with Crippen LogP contribution in [0.1, 0.15) is 27.2 Å². The van der Waals surface area contributed by atoms with Crippen molar-refractivity contribution in [2.75, 3.05) is 5.32 Å². The highest BCUT2D eigenvalue weighted by Crippen LogP contribution is 2.31. The van der Waals surface area contributed by atoms with Crippen LogP contribution in [0.25, 0.3) is 5.69 Å². The number of anilines is 1. The fourth-order valence-corrected chi connectivity index (χ4v) is 4.24. The van der Waals surface area contributed by atoms with Gasteiger partial charge >= 0.3 is 0 Å². The van der Waals surface area contributed by atoms with Crippen LogP contribution in [-0.4, -0.2) is 19.9 Å². The molecule has 0 fully saturated rings. The Labute approximate surface area is 148 Å². The quantitative estimate of drug-likeness (QED) is 0.788. The van der Waals surface area contributed by atoms with Gasteiger partial charge in [-0.3, -0.25) is 9.00 Å². The molecule has 126 valence electrons. The molecule has 5 nitrogen and oxygen atoms in total. The van der Waals surface area contributed by atoms with Crippen molar-refractivity contribution in [3.63, 3.8) is 0 Å². The van der Waals surface area contributed by atoms with E-state index in [0.717, 1.165) is 22.5 Å². The topological polar surface area (TPSA) is 64.0 Å². The van der Waals surface area contributed by atoms with Gasteiger partial charge in [-0.25, -0.2) is 4.68 Å². The van der Waals surface area contributed by atoms with E-state index in [-0.39, 0.29) is 5.91 Å². The number of amides is 1. The first-order valence-electron chi connectivity index (χ1n) is 8.01. The summed E-state index contributed by atoms with van der Waals surface area (Å²) in [6.07, 6.45) is 0. The molecule has 0 unspecified atom stereocenters. The number of nitrogens with one attached hydrogen (secondary N) is 1. The van der Waals surface area contributed by atoms with Gasteiger partial charge in [-0.15, -0.1) is 0 Å². The van der Waals surface area contributed by atoms with Crippen LogP contribution in [0, 0.1) is 6.92 Å². The van der Waals surface area contributed by atoms with Crippen molar-refractivity contribution in [1.82, 2.24) is 9.78 Å². The van der Waals surface area contributed by atoms with Gasteiger partial charge in [0.05, 0.1) is 22.9 Å². The third kappa shape index (κ3) is 3.00. The number of hydrogen-bond acceptors (Lipinski definition) is 3. The predicted molar refractivity (Wildman–Crippen MR) is 98.2 cm³/mol.